The Morgan fingerprint density at radius 1 is 0.717 bits per heavy atom. The van der Waals surface area contributed by atoms with Gasteiger partial charge in [0.1, 0.15) is 5.60 Å². The van der Waals surface area contributed by atoms with Crippen molar-refractivity contribution in [2.75, 3.05) is 19.7 Å². The summed E-state index contributed by atoms with van der Waals surface area (Å²) < 4.78 is 0. The van der Waals surface area contributed by atoms with E-state index in [1.807, 2.05) is 52.0 Å². The van der Waals surface area contributed by atoms with Gasteiger partial charge in [-0.3, -0.25) is 14.5 Å². The van der Waals surface area contributed by atoms with Crippen molar-refractivity contribution in [3.63, 3.8) is 0 Å². The van der Waals surface area contributed by atoms with Crippen LogP contribution in [0.4, 0.5) is 0 Å². The van der Waals surface area contributed by atoms with Gasteiger partial charge in [0.25, 0.3) is 11.8 Å². The molecule has 0 radical (unpaired) electrons. The molecule has 2 amide bonds. The van der Waals surface area contributed by atoms with E-state index in [0.717, 1.165) is 56.9 Å². The molecule has 4 atom stereocenters. The van der Waals surface area contributed by atoms with E-state index in [0.29, 0.717) is 41.6 Å². The summed E-state index contributed by atoms with van der Waals surface area (Å²) in [6.45, 7) is 14.6. The summed E-state index contributed by atoms with van der Waals surface area (Å²) in [6.07, 6.45) is 6.88. The van der Waals surface area contributed by atoms with Crippen molar-refractivity contribution in [1.29, 1.82) is 11.1 Å². The zero-order chi connectivity index (χ0) is 44.6. The van der Waals surface area contributed by atoms with E-state index in [2.05, 4.69) is 37.8 Å². The predicted octanol–water partition coefficient (Wildman–Crippen LogP) is 7.93. The highest BCUT2D eigenvalue weighted by Gasteiger charge is 2.37. The Hall–Kier alpha value is -4.32. The molecule has 0 spiro atoms. The SMILES string of the molecule is CCCC(O)(C#Cc1cccc([C@@H](O)[C@@H](C)CN2C(=O)c3ccccc3C2=O)c1)CCC.CCCC(O)(CCC)CCc1cccc([C@@H](O)[C@@H](C)CN)c1.CCO.N=N.O.[HH]. The van der Waals surface area contributed by atoms with Crippen LogP contribution in [0.5, 0.6) is 0 Å². The first-order valence-electron chi connectivity index (χ1n) is 21.2. The van der Waals surface area contributed by atoms with Gasteiger partial charge in [-0.2, -0.15) is 0 Å². The molecule has 3 aromatic carbocycles. The van der Waals surface area contributed by atoms with Crippen LogP contribution in [-0.2, 0) is 6.42 Å². The van der Waals surface area contributed by atoms with E-state index in [-0.39, 0.29) is 43.7 Å². The van der Waals surface area contributed by atoms with Crippen LogP contribution in [0, 0.1) is 34.7 Å². The number of hydrogen-bond donors (Lipinski definition) is 8. The number of carbonyl (C=O) groups excluding carboxylic acids is 2. The van der Waals surface area contributed by atoms with Crippen molar-refractivity contribution in [3.8, 4) is 11.8 Å². The maximum absolute atomic E-state index is 12.6. The highest BCUT2D eigenvalue weighted by atomic mass is 16.3. The van der Waals surface area contributed by atoms with Gasteiger partial charge in [-0.1, -0.05) is 128 Å². The summed E-state index contributed by atoms with van der Waals surface area (Å²) >= 11 is 0. The molecule has 0 aliphatic carbocycles. The molecule has 0 unspecified atom stereocenters. The minimum Gasteiger partial charge on any atom is -0.412 e. The number of nitrogens with zero attached hydrogens (tertiary/aromatic N) is 1. The number of amides is 2. The Morgan fingerprint density at radius 3 is 1.67 bits per heavy atom. The molecular formula is C48H76N4O8. The van der Waals surface area contributed by atoms with Crippen molar-refractivity contribution in [2.45, 2.75) is 136 Å². The van der Waals surface area contributed by atoms with Gasteiger partial charge in [-0.25, -0.2) is 11.1 Å². The predicted molar refractivity (Wildman–Crippen MR) is 241 cm³/mol. The number of benzene rings is 3. The number of rotatable bonds is 18. The summed E-state index contributed by atoms with van der Waals surface area (Å²) in [6, 6.07) is 22.1. The number of aryl methyl sites for hydroxylation is 1. The Bertz CT molecular complexity index is 1720. The Kier molecular flexibility index (Phi) is 26.9. The second kappa shape index (κ2) is 29.0. The molecule has 0 saturated carbocycles. The number of fused-ring (bicyclic) bond motifs is 1. The van der Waals surface area contributed by atoms with Crippen LogP contribution in [-0.4, -0.2) is 78.6 Å². The smallest absolute Gasteiger partial charge is 0.261 e. The van der Waals surface area contributed by atoms with Gasteiger partial charge in [0.05, 0.1) is 28.9 Å². The third-order valence-corrected chi connectivity index (χ3v) is 10.4. The lowest BCUT2D eigenvalue weighted by atomic mass is 9.86. The van der Waals surface area contributed by atoms with Crippen molar-refractivity contribution in [1.82, 2.24) is 4.90 Å². The first-order valence-corrected chi connectivity index (χ1v) is 21.2. The third kappa shape index (κ3) is 17.3. The lowest BCUT2D eigenvalue weighted by Gasteiger charge is -2.27. The summed E-state index contributed by atoms with van der Waals surface area (Å²) in [5.41, 5.74) is 18.4. The maximum Gasteiger partial charge on any atom is 0.261 e. The van der Waals surface area contributed by atoms with Crippen molar-refractivity contribution < 1.29 is 42.0 Å². The topological polar surface area (TPSA) is 244 Å². The molecule has 3 aromatic rings. The number of aliphatic hydroxyl groups is 5. The quantitative estimate of drug-likeness (QED) is 0.0354. The Balaban J connectivity index is 0. The van der Waals surface area contributed by atoms with Crippen molar-refractivity contribution in [2.24, 2.45) is 17.6 Å². The highest BCUT2D eigenvalue weighted by molar-refractivity contribution is 6.21. The number of nitrogens with one attached hydrogen (secondary N) is 2. The zero-order valence-corrected chi connectivity index (χ0v) is 37.0. The van der Waals surface area contributed by atoms with Gasteiger partial charge >= 0.3 is 0 Å². The number of nitrogens with two attached hydrogens (primary N) is 1. The minimum atomic E-state index is -1.00. The number of imide groups is 1. The van der Waals surface area contributed by atoms with Gasteiger partial charge in [-0.15, -0.1) is 0 Å². The minimum absolute atomic E-state index is 0. The largest absolute Gasteiger partial charge is 0.412 e. The van der Waals surface area contributed by atoms with E-state index in [1.54, 1.807) is 43.3 Å². The molecule has 12 nitrogen and oxygen atoms in total. The fourth-order valence-electron chi connectivity index (χ4n) is 7.26. The summed E-state index contributed by atoms with van der Waals surface area (Å²) in [5.74, 6) is 5.11. The fourth-order valence-corrected chi connectivity index (χ4v) is 7.26. The monoisotopic (exact) mass is 837 g/mol. The van der Waals surface area contributed by atoms with E-state index in [9.17, 15) is 30.0 Å². The third-order valence-electron chi connectivity index (χ3n) is 10.4. The van der Waals surface area contributed by atoms with Crippen LogP contribution in [0.25, 0.3) is 0 Å². The molecule has 0 aromatic heterocycles. The molecule has 1 heterocycles. The Labute approximate surface area is 360 Å². The van der Waals surface area contributed by atoms with Gasteiger partial charge in [0, 0.05) is 26.1 Å². The molecule has 0 bridgehead atoms. The van der Waals surface area contributed by atoms with Gasteiger partial charge < -0.3 is 36.7 Å². The fraction of sp³-hybridized carbons (Fsp3) is 0.542. The highest BCUT2D eigenvalue weighted by Crippen LogP contribution is 2.30. The average molecular weight is 837 g/mol. The molecule has 336 valence electrons. The van der Waals surface area contributed by atoms with E-state index in [4.69, 9.17) is 21.9 Å². The summed E-state index contributed by atoms with van der Waals surface area (Å²) in [5, 5.41) is 50.2. The van der Waals surface area contributed by atoms with Crippen LogP contribution >= 0.6 is 0 Å². The van der Waals surface area contributed by atoms with Crippen LogP contribution in [0.2, 0.25) is 0 Å². The van der Waals surface area contributed by atoms with E-state index in [1.165, 1.54) is 10.5 Å². The van der Waals surface area contributed by atoms with E-state index >= 15 is 0 Å². The first kappa shape index (κ1) is 55.7. The molecule has 4 rings (SSSR count). The maximum atomic E-state index is 12.6. The van der Waals surface area contributed by atoms with Crippen LogP contribution in [0.3, 0.4) is 0 Å². The van der Waals surface area contributed by atoms with Crippen molar-refractivity contribution >= 4 is 11.8 Å². The van der Waals surface area contributed by atoms with Gasteiger partial charge in [-0.05, 0) is 98.9 Å². The van der Waals surface area contributed by atoms with Gasteiger partial charge in [0.15, 0.2) is 0 Å². The number of aliphatic hydroxyl groups excluding tert-OH is 3. The second-order valence-corrected chi connectivity index (χ2v) is 15.5. The number of carbonyl (C=O) groups is 2. The van der Waals surface area contributed by atoms with Crippen LogP contribution < -0.4 is 5.73 Å². The number of hydrogen-bond acceptors (Lipinski definition) is 10. The van der Waals surface area contributed by atoms with Gasteiger partial charge in [0.2, 0.25) is 0 Å². The molecule has 60 heavy (non-hydrogen) atoms. The molecule has 1 aliphatic rings. The average Bonchev–Trinajstić information content (AvgIpc) is 3.47. The summed E-state index contributed by atoms with van der Waals surface area (Å²) in [4.78, 5) is 26.5. The van der Waals surface area contributed by atoms with Crippen LogP contribution in [0.15, 0.2) is 72.8 Å². The zero-order valence-electron chi connectivity index (χ0n) is 37.0. The molecule has 0 saturated heterocycles. The van der Waals surface area contributed by atoms with Crippen LogP contribution in [0.1, 0.15) is 163 Å². The first-order chi connectivity index (χ1) is 28.2. The standard InChI is InChI=1S/C27H31NO4.C19H33NO2.C2H6O.H2N2.H2O.H2/c1-4-14-27(32,15-5-2)16-13-20-9-8-10-21(17-20)24(29)19(3)18-28-25(30)22-11-6-7-12-23(22)26(28)31;1-4-10-19(22,11-5-2)12-9-16-7-6-8-17(13-16)18(21)15(3)14-20;1-2-3;1-2;;/h6-12,17,19,24,29,32H,4-5,14-15,18H2,1-3H3;6-8,13,15,18,21-22H,4-5,9-12,14,20H2,1-3H3;3H,2H2,1H3;1-2H;1H2;1H/t19-,24-;15-,18-;;;;/m00..../s1. The lowest BCUT2D eigenvalue weighted by Crippen LogP contribution is -2.35. The summed E-state index contributed by atoms with van der Waals surface area (Å²) in [7, 11) is 0. The van der Waals surface area contributed by atoms with Crippen molar-refractivity contribution in [3.05, 3.63) is 106 Å². The molecule has 11 N–H and O–H groups in total. The van der Waals surface area contributed by atoms with E-state index < -0.39 is 23.4 Å². The Morgan fingerprint density at radius 2 is 1.18 bits per heavy atom. The molecule has 12 heteroatoms. The molecular weight excluding hydrogens is 761 g/mol. The second-order valence-electron chi connectivity index (χ2n) is 15.5. The molecule has 0 fully saturated rings. The normalized spacial score (nSPS) is 13.9. The lowest BCUT2D eigenvalue weighted by molar-refractivity contribution is 0.0132. The molecule has 1 aliphatic heterocycles.